The van der Waals surface area contributed by atoms with Crippen LogP contribution in [0.1, 0.15) is 12.5 Å². The number of hydrogen-bond acceptors (Lipinski definition) is 3. The minimum Gasteiger partial charge on any atom is -0.411 e. The van der Waals surface area contributed by atoms with Crippen LogP contribution in [0.4, 0.5) is 5.69 Å². The van der Waals surface area contributed by atoms with Crippen molar-refractivity contribution < 1.29 is 10.0 Å². The van der Waals surface area contributed by atoms with Gasteiger partial charge >= 0.3 is 0 Å². The number of carbonyl (C=O) groups excluding carboxylic acids is 1. The number of carbonyl (C=O) groups is 1. The van der Waals surface area contributed by atoms with E-state index in [0.717, 1.165) is 18.2 Å². The first-order valence-electron chi connectivity index (χ1n) is 4.33. The molecule has 1 aromatic carbocycles. The van der Waals surface area contributed by atoms with Crippen molar-refractivity contribution in [2.45, 2.75) is 13.3 Å². The predicted molar refractivity (Wildman–Crippen MR) is 54.7 cm³/mol. The first kappa shape index (κ1) is 10.2. The van der Waals surface area contributed by atoms with E-state index in [1.807, 2.05) is 25.1 Å². The summed E-state index contributed by atoms with van der Waals surface area (Å²) in [4.78, 5) is 11.0. The molecule has 0 aliphatic rings. The van der Waals surface area contributed by atoms with Crippen LogP contribution in [0.2, 0.25) is 0 Å². The minimum absolute atomic E-state index is 0.444. The van der Waals surface area contributed by atoms with Gasteiger partial charge in [0.2, 0.25) is 0 Å². The van der Waals surface area contributed by atoms with E-state index >= 15 is 0 Å². The summed E-state index contributed by atoms with van der Waals surface area (Å²) in [6, 6.07) is 7.51. The van der Waals surface area contributed by atoms with Crippen LogP contribution in [-0.2, 0) is 11.2 Å². The van der Waals surface area contributed by atoms with Crippen LogP contribution in [0, 0.1) is 0 Å². The zero-order valence-electron chi connectivity index (χ0n) is 7.90. The summed E-state index contributed by atoms with van der Waals surface area (Å²) >= 11 is 0. The quantitative estimate of drug-likeness (QED) is 0.434. The highest BCUT2D eigenvalue weighted by molar-refractivity contribution is 6.31. The van der Waals surface area contributed by atoms with Gasteiger partial charge in [-0.1, -0.05) is 24.2 Å². The lowest BCUT2D eigenvalue weighted by Gasteiger charge is -2.03. The van der Waals surface area contributed by atoms with Gasteiger partial charge in [-0.05, 0) is 24.1 Å². The fourth-order valence-electron chi connectivity index (χ4n) is 1.10. The molecule has 4 heteroatoms. The number of benzene rings is 1. The molecule has 0 unspecified atom stereocenters. The monoisotopic (exact) mass is 192 g/mol. The Labute approximate surface area is 82.2 Å². The number of oxime groups is 1. The topological polar surface area (TPSA) is 61.7 Å². The van der Waals surface area contributed by atoms with E-state index in [-0.39, 0.29) is 0 Å². The van der Waals surface area contributed by atoms with Gasteiger partial charge in [0.15, 0.2) is 0 Å². The highest BCUT2D eigenvalue weighted by Crippen LogP contribution is 2.10. The van der Waals surface area contributed by atoms with Crippen LogP contribution in [-0.4, -0.2) is 17.3 Å². The van der Waals surface area contributed by atoms with Crippen LogP contribution in [0.25, 0.3) is 0 Å². The molecular formula is C10H12N2O2. The van der Waals surface area contributed by atoms with Crippen molar-refractivity contribution in [2.75, 3.05) is 5.32 Å². The van der Waals surface area contributed by atoms with Crippen molar-refractivity contribution >= 4 is 17.8 Å². The van der Waals surface area contributed by atoms with Gasteiger partial charge in [-0.25, -0.2) is 0 Å². The third-order valence-electron chi connectivity index (χ3n) is 1.78. The maximum Gasteiger partial charge on any atom is 0.270 e. The lowest BCUT2D eigenvalue weighted by atomic mass is 10.1. The molecule has 4 nitrogen and oxygen atoms in total. The Hall–Kier alpha value is -1.84. The highest BCUT2D eigenvalue weighted by atomic mass is 16.4. The summed E-state index contributed by atoms with van der Waals surface area (Å²) in [5.41, 5.74) is 1.85. The number of nitrogens with zero attached hydrogens (tertiary/aromatic N) is 1. The van der Waals surface area contributed by atoms with Gasteiger partial charge in [0.25, 0.3) is 5.91 Å². The normalized spacial score (nSPS) is 10.4. The summed E-state index contributed by atoms with van der Waals surface area (Å²) in [6.45, 7) is 2.04. The summed E-state index contributed by atoms with van der Waals surface area (Å²) in [7, 11) is 0. The molecule has 0 saturated carbocycles. The largest absolute Gasteiger partial charge is 0.411 e. The van der Waals surface area contributed by atoms with Gasteiger partial charge in [-0.2, -0.15) is 0 Å². The van der Waals surface area contributed by atoms with Crippen molar-refractivity contribution in [1.82, 2.24) is 0 Å². The molecule has 0 atom stereocenters. The number of anilines is 1. The fourth-order valence-corrected chi connectivity index (χ4v) is 1.10. The summed E-state index contributed by atoms with van der Waals surface area (Å²) in [5, 5.41) is 13.3. The maximum absolute atomic E-state index is 11.0. The molecular weight excluding hydrogens is 180 g/mol. The van der Waals surface area contributed by atoms with E-state index in [4.69, 9.17) is 5.21 Å². The van der Waals surface area contributed by atoms with Crippen molar-refractivity contribution in [1.29, 1.82) is 0 Å². The summed E-state index contributed by atoms with van der Waals surface area (Å²) < 4.78 is 0. The second-order valence-electron chi connectivity index (χ2n) is 2.79. The molecule has 0 saturated heterocycles. The Morgan fingerprint density at radius 3 is 3.07 bits per heavy atom. The molecule has 0 fully saturated rings. The first-order valence-corrected chi connectivity index (χ1v) is 4.33. The molecule has 0 aliphatic heterocycles. The molecule has 0 bridgehead atoms. The molecule has 0 heterocycles. The Balaban J connectivity index is 2.71. The van der Waals surface area contributed by atoms with E-state index in [2.05, 4.69) is 10.5 Å². The molecule has 14 heavy (non-hydrogen) atoms. The second kappa shape index (κ2) is 5.01. The van der Waals surface area contributed by atoms with E-state index in [0.29, 0.717) is 5.69 Å². The van der Waals surface area contributed by atoms with E-state index in [1.165, 1.54) is 0 Å². The van der Waals surface area contributed by atoms with Gasteiger partial charge in [0, 0.05) is 5.69 Å². The maximum atomic E-state index is 11.0. The smallest absolute Gasteiger partial charge is 0.270 e. The lowest BCUT2D eigenvalue weighted by Crippen LogP contribution is -2.12. The van der Waals surface area contributed by atoms with Crippen molar-refractivity contribution in [2.24, 2.45) is 5.16 Å². The third kappa shape index (κ3) is 2.90. The van der Waals surface area contributed by atoms with E-state index in [9.17, 15) is 4.79 Å². The molecule has 1 amide bonds. The molecule has 1 aromatic rings. The molecule has 0 radical (unpaired) electrons. The second-order valence-corrected chi connectivity index (χ2v) is 2.79. The van der Waals surface area contributed by atoms with Gasteiger partial charge in [-0.3, -0.25) is 4.79 Å². The number of nitrogens with one attached hydrogen (secondary N) is 1. The summed E-state index contributed by atoms with van der Waals surface area (Å²) in [5.74, 6) is -0.444. The molecule has 0 spiro atoms. The van der Waals surface area contributed by atoms with Crippen molar-refractivity contribution in [3.05, 3.63) is 29.8 Å². The van der Waals surface area contributed by atoms with Crippen LogP contribution in [0.3, 0.4) is 0 Å². The van der Waals surface area contributed by atoms with E-state index in [1.54, 1.807) is 6.07 Å². The molecule has 0 aromatic heterocycles. The van der Waals surface area contributed by atoms with E-state index < -0.39 is 5.91 Å². The number of hydrogen-bond donors (Lipinski definition) is 2. The third-order valence-corrected chi connectivity index (χ3v) is 1.78. The van der Waals surface area contributed by atoms with Gasteiger partial charge in [0.05, 0.1) is 0 Å². The Kier molecular flexibility index (Phi) is 3.67. The average Bonchev–Trinajstić information content (AvgIpc) is 2.18. The number of rotatable bonds is 3. The highest BCUT2D eigenvalue weighted by Gasteiger charge is 1.98. The Morgan fingerprint density at radius 1 is 1.64 bits per heavy atom. The van der Waals surface area contributed by atoms with Crippen LogP contribution < -0.4 is 5.32 Å². The SMILES string of the molecule is CCc1cccc(NC(=O)/C=N\O)c1. The van der Waals surface area contributed by atoms with Crippen LogP contribution in [0.5, 0.6) is 0 Å². The van der Waals surface area contributed by atoms with Crippen molar-refractivity contribution in [3.8, 4) is 0 Å². The fraction of sp³-hybridized carbons (Fsp3) is 0.200. The zero-order chi connectivity index (χ0) is 10.4. The van der Waals surface area contributed by atoms with Crippen LogP contribution >= 0.6 is 0 Å². The number of amides is 1. The number of aryl methyl sites for hydroxylation is 1. The Bertz CT molecular complexity index is 348. The zero-order valence-corrected chi connectivity index (χ0v) is 7.90. The predicted octanol–water partition coefficient (Wildman–Crippen LogP) is 1.65. The van der Waals surface area contributed by atoms with Crippen molar-refractivity contribution in [3.63, 3.8) is 0 Å². The summed E-state index contributed by atoms with van der Waals surface area (Å²) in [6.07, 6.45) is 1.73. The molecule has 0 aliphatic carbocycles. The van der Waals surface area contributed by atoms with Gasteiger partial charge in [0.1, 0.15) is 6.21 Å². The minimum atomic E-state index is -0.444. The molecule has 2 N–H and O–H groups in total. The van der Waals surface area contributed by atoms with Gasteiger partial charge < -0.3 is 10.5 Å². The molecule has 1 rings (SSSR count). The molecule has 74 valence electrons. The standard InChI is InChI=1S/C10H12N2O2/c1-2-8-4-3-5-9(6-8)12-10(13)7-11-14/h3-7,14H,2H2,1H3,(H,12,13)/b11-7-. The Morgan fingerprint density at radius 2 is 2.43 bits per heavy atom. The first-order chi connectivity index (χ1) is 6.76. The van der Waals surface area contributed by atoms with Gasteiger partial charge in [-0.15, -0.1) is 0 Å². The lowest BCUT2D eigenvalue weighted by molar-refractivity contribution is -0.110. The average molecular weight is 192 g/mol. The van der Waals surface area contributed by atoms with Crippen LogP contribution in [0.15, 0.2) is 29.4 Å².